The molecule has 0 bridgehead atoms. The third-order valence-corrected chi connectivity index (χ3v) is 5.99. The molecule has 4 rings (SSSR count). The van der Waals surface area contributed by atoms with Crippen LogP contribution in [0.25, 0.3) is 6.08 Å². The number of Topliss-reactive ketones (excluding diaryl/α,β-unsaturated/α-hetero) is 1. The number of hydrogen-bond acceptors (Lipinski definition) is 5. The highest BCUT2D eigenvalue weighted by Gasteiger charge is 2.36. The fraction of sp³-hybridized carbons (Fsp3) is 0.115. The van der Waals surface area contributed by atoms with Crippen molar-refractivity contribution >= 4 is 34.8 Å². The Morgan fingerprint density at radius 2 is 1.70 bits per heavy atom. The second kappa shape index (κ2) is 9.83. The highest BCUT2D eigenvalue weighted by molar-refractivity contribution is 8.18. The average Bonchev–Trinajstić information content (AvgIpc) is 3.07. The summed E-state index contributed by atoms with van der Waals surface area (Å²) in [6.07, 6.45) is 1.60. The van der Waals surface area contributed by atoms with E-state index in [-0.39, 0.29) is 29.7 Å². The molecule has 1 aliphatic rings. The molecular formula is C26H20FNO4S. The summed E-state index contributed by atoms with van der Waals surface area (Å²) in [5.74, 6) is -0.571. The SMILES string of the molecule is Cc1ccc(C(=O)CN2C(=O)S/C(=C\c3ccc(OCc4ccccc4F)cc3)C2=O)cc1. The van der Waals surface area contributed by atoms with Crippen molar-refractivity contribution < 1.29 is 23.5 Å². The molecule has 3 aromatic carbocycles. The minimum atomic E-state index is -0.495. The van der Waals surface area contributed by atoms with Gasteiger partial charge in [-0.15, -0.1) is 0 Å². The predicted molar refractivity (Wildman–Crippen MR) is 125 cm³/mol. The standard InChI is InChI=1S/C26H20FNO4S/c1-17-6-10-19(11-7-17)23(29)15-28-25(30)24(33-26(28)31)14-18-8-12-21(13-9-18)32-16-20-4-2-3-5-22(20)27/h2-14H,15-16H2,1H3/b24-14-. The molecule has 0 radical (unpaired) electrons. The van der Waals surface area contributed by atoms with Gasteiger partial charge in [0.05, 0.1) is 11.4 Å². The zero-order valence-corrected chi connectivity index (χ0v) is 18.6. The minimum absolute atomic E-state index is 0.0971. The van der Waals surface area contributed by atoms with Gasteiger partial charge in [-0.1, -0.05) is 60.2 Å². The van der Waals surface area contributed by atoms with Gasteiger partial charge in [0.15, 0.2) is 5.78 Å². The van der Waals surface area contributed by atoms with E-state index in [9.17, 15) is 18.8 Å². The zero-order chi connectivity index (χ0) is 23.4. The third-order valence-electron chi connectivity index (χ3n) is 5.08. The van der Waals surface area contributed by atoms with Gasteiger partial charge in [-0.25, -0.2) is 4.39 Å². The first-order valence-electron chi connectivity index (χ1n) is 10.2. The van der Waals surface area contributed by atoms with Crippen molar-refractivity contribution in [2.45, 2.75) is 13.5 Å². The highest BCUT2D eigenvalue weighted by atomic mass is 32.2. The molecule has 0 aromatic heterocycles. The lowest BCUT2D eigenvalue weighted by Crippen LogP contribution is -2.33. The van der Waals surface area contributed by atoms with E-state index in [4.69, 9.17) is 4.74 Å². The highest BCUT2D eigenvalue weighted by Crippen LogP contribution is 2.32. The fourth-order valence-corrected chi connectivity index (χ4v) is 4.04. The summed E-state index contributed by atoms with van der Waals surface area (Å²) in [5.41, 5.74) is 2.62. The van der Waals surface area contributed by atoms with Crippen molar-refractivity contribution in [3.63, 3.8) is 0 Å². The summed E-state index contributed by atoms with van der Waals surface area (Å²) >= 11 is 0.803. The Bertz CT molecular complexity index is 1240. The van der Waals surface area contributed by atoms with Crippen molar-refractivity contribution in [3.05, 3.63) is 106 Å². The molecule has 5 nitrogen and oxygen atoms in total. The van der Waals surface area contributed by atoms with Gasteiger partial charge in [0, 0.05) is 11.1 Å². The van der Waals surface area contributed by atoms with E-state index < -0.39 is 11.1 Å². The molecule has 1 saturated heterocycles. The number of carbonyl (C=O) groups excluding carboxylic acids is 3. The first-order chi connectivity index (χ1) is 15.9. The fourth-order valence-electron chi connectivity index (χ4n) is 3.20. The van der Waals surface area contributed by atoms with Crippen LogP contribution in [0.3, 0.4) is 0 Å². The molecule has 0 aliphatic carbocycles. The number of ether oxygens (including phenoxy) is 1. The number of benzene rings is 3. The van der Waals surface area contributed by atoms with Crippen LogP contribution in [0.15, 0.2) is 77.7 Å². The molecule has 7 heteroatoms. The van der Waals surface area contributed by atoms with Crippen LogP contribution in [0.4, 0.5) is 9.18 Å². The van der Waals surface area contributed by atoms with E-state index >= 15 is 0 Å². The van der Waals surface area contributed by atoms with Crippen LogP contribution >= 0.6 is 11.8 Å². The van der Waals surface area contributed by atoms with Gasteiger partial charge in [0.1, 0.15) is 18.2 Å². The molecule has 0 N–H and O–H groups in total. The normalized spacial score (nSPS) is 14.7. The van der Waals surface area contributed by atoms with Gasteiger partial charge in [-0.2, -0.15) is 0 Å². The maximum atomic E-state index is 13.7. The number of rotatable bonds is 7. The summed E-state index contributed by atoms with van der Waals surface area (Å²) in [6, 6.07) is 20.3. The summed E-state index contributed by atoms with van der Waals surface area (Å²) in [5, 5.41) is -0.475. The molecular weight excluding hydrogens is 441 g/mol. The first-order valence-corrected chi connectivity index (χ1v) is 11.0. The van der Waals surface area contributed by atoms with Gasteiger partial charge < -0.3 is 4.74 Å². The Morgan fingerprint density at radius 1 is 1.00 bits per heavy atom. The van der Waals surface area contributed by atoms with Crippen LogP contribution in [0.2, 0.25) is 0 Å². The van der Waals surface area contributed by atoms with E-state index in [1.807, 2.05) is 19.1 Å². The van der Waals surface area contributed by atoms with Crippen molar-refractivity contribution in [2.75, 3.05) is 6.54 Å². The lowest BCUT2D eigenvalue weighted by atomic mass is 10.1. The monoisotopic (exact) mass is 461 g/mol. The van der Waals surface area contributed by atoms with Crippen LogP contribution in [0, 0.1) is 12.7 Å². The van der Waals surface area contributed by atoms with Crippen molar-refractivity contribution in [1.82, 2.24) is 4.90 Å². The molecule has 0 unspecified atom stereocenters. The molecule has 2 amide bonds. The van der Waals surface area contributed by atoms with Gasteiger partial charge in [-0.05, 0) is 48.5 Å². The average molecular weight is 462 g/mol. The van der Waals surface area contributed by atoms with Crippen LogP contribution in [0.1, 0.15) is 27.0 Å². The number of aryl methyl sites for hydroxylation is 1. The number of hydrogen-bond donors (Lipinski definition) is 0. The summed E-state index contributed by atoms with van der Waals surface area (Å²) in [7, 11) is 0. The van der Waals surface area contributed by atoms with Gasteiger partial charge in [0.25, 0.3) is 11.1 Å². The van der Waals surface area contributed by atoms with Gasteiger partial charge in [0.2, 0.25) is 0 Å². The third kappa shape index (κ3) is 5.38. The van der Waals surface area contributed by atoms with Crippen molar-refractivity contribution in [2.24, 2.45) is 0 Å². The molecule has 0 spiro atoms. The Labute approximate surface area is 194 Å². The topological polar surface area (TPSA) is 63.7 Å². The first kappa shape index (κ1) is 22.5. The van der Waals surface area contributed by atoms with Crippen LogP contribution in [-0.4, -0.2) is 28.4 Å². The number of carbonyl (C=O) groups is 3. The minimum Gasteiger partial charge on any atom is -0.489 e. The molecule has 0 atom stereocenters. The number of amides is 2. The summed E-state index contributed by atoms with van der Waals surface area (Å²) in [4.78, 5) is 38.7. The quantitative estimate of drug-likeness (QED) is 0.337. The summed E-state index contributed by atoms with van der Waals surface area (Å²) in [6.45, 7) is 1.71. The molecule has 166 valence electrons. The van der Waals surface area contributed by atoms with Crippen molar-refractivity contribution in [1.29, 1.82) is 0 Å². The smallest absolute Gasteiger partial charge is 0.293 e. The second-order valence-corrected chi connectivity index (χ2v) is 8.50. The van der Waals surface area contributed by atoms with Crippen LogP contribution in [0.5, 0.6) is 5.75 Å². The second-order valence-electron chi connectivity index (χ2n) is 7.51. The number of imide groups is 1. The van der Waals surface area contributed by atoms with Crippen molar-refractivity contribution in [3.8, 4) is 5.75 Å². The van der Waals surface area contributed by atoms with E-state index in [1.165, 1.54) is 6.07 Å². The van der Waals surface area contributed by atoms with Gasteiger partial charge in [-0.3, -0.25) is 19.3 Å². The number of ketones is 1. The molecule has 3 aromatic rings. The predicted octanol–water partition coefficient (Wildman–Crippen LogP) is 5.63. The summed E-state index contributed by atoms with van der Waals surface area (Å²) < 4.78 is 19.3. The Kier molecular flexibility index (Phi) is 6.70. The van der Waals surface area contributed by atoms with Gasteiger partial charge >= 0.3 is 0 Å². The lowest BCUT2D eigenvalue weighted by molar-refractivity contribution is -0.122. The molecule has 1 aliphatic heterocycles. The van der Waals surface area contributed by atoms with Crippen LogP contribution in [-0.2, 0) is 11.4 Å². The largest absolute Gasteiger partial charge is 0.489 e. The zero-order valence-electron chi connectivity index (χ0n) is 17.8. The number of nitrogens with zero attached hydrogens (tertiary/aromatic N) is 1. The van der Waals surface area contributed by atoms with E-state index in [1.54, 1.807) is 60.7 Å². The maximum Gasteiger partial charge on any atom is 0.293 e. The van der Waals surface area contributed by atoms with E-state index in [0.29, 0.717) is 22.4 Å². The molecule has 33 heavy (non-hydrogen) atoms. The molecule has 1 fully saturated rings. The molecule has 0 saturated carbocycles. The van der Waals surface area contributed by atoms with E-state index in [2.05, 4.69) is 0 Å². The number of thioether (sulfide) groups is 1. The lowest BCUT2D eigenvalue weighted by Gasteiger charge is -2.11. The Balaban J connectivity index is 1.40. The molecule has 1 heterocycles. The Hall–Kier alpha value is -3.71. The Morgan fingerprint density at radius 3 is 2.39 bits per heavy atom. The van der Waals surface area contributed by atoms with E-state index in [0.717, 1.165) is 22.2 Å². The van der Waals surface area contributed by atoms with Crippen LogP contribution < -0.4 is 4.74 Å². The number of halogens is 1. The maximum absolute atomic E-state index is 13.7.